The number of piperazine rings is 1. The number of benzene rings is 1. The van der Waals surface area contributed by atoms with Crippen molar-refractivity contribution in [1.82, 2.24) is 14.7 Å². The summed E-state index contributed by atoms with van der Waals surface area (Å²) < 4.78 is 5.71. The number of likely N-dealkylation sites (tertiary alicyclic amines) is 1. The summed E-state index contributed by atoms with van der Waals surface area (Å²) in [5.41, 5.74) is 1.15. The lowest BCUT2D eigenvalue weighted by atomic mass is 9.92. The number of amides is 1. The summed E-state index contributed by atoms with van der Waals surface area (Å²) in [5.74, 6) is 1.52. The molecule has 2 fully saturated rings. The van der Waals surface area contributed by atoms with Crippen LogP contribution >= 0.6 is 11.6 Å². The highest BCUT2D eigenvalue weighted by atomic mass is 35.5. The Hall–Kier alpha value is -1.14. The predicted molar refractivity (Wildman–Crippen MR) is 114 cm³/mol. The van der Waals surface area contributed by atoms with Crippen LogP contribution in [0.1, 0.15) is 31.9 Å². The van der Waals surface area contributed by atoms with Gasteiger partial charge in [0.1, 0.15) is 0 Å². The lowest BCUT2D eigenvalue weighted by molar-refractivity contribution is -0.135. The number of hydrogen-bond donors (Lipinski definition) is 0. The molecule has 0 radical (unpaired) electrons. The first-order chi connectivity index (χ1) is 13.4. The van der Waals surface area contributed by atoms with Crippen LogP contribution in [0.3, 0.4) is 0 Å². The van der Waals surface area contributed by atoms with Gasteiger partial charge in [-0.05, 0) is 36.0 Å². The van der Waals surface area contributed by atoms with Gasteiger partial charge in [0.05, 0.1) is 12.6 Å². The fraction of sp³-hybridized carbons (Fsp3) is 0.682. The first-order valence-corrected chi connectivity index (χ1v) is 10.8. The third-order valence-corrected chi connectivity index (χ3v) is 6.25. The van der Waals surface area contributed by atoms with Crippen LogP contribution in [-0.2, 0) is 9.53 Å². The number of rotatable bonds is 6. The Kier molecular flexibility index (Phi) is 7.75. The molecule has 0 aliphatic carbocycles. The topological polar surface area (TPSA) is 36.0 Å². The molecule has 3 atom stereocenters. The van der Waals surface area contributed by atoms with Gasteiger partial charge >= 0.3 is 0 Å². The van der Waals surface area contributed by atoms with Crippen molar-refractivity contribution in [2.75, 3.05) is 59.5 Å². The predicted octanol–water partition coefficient (Wildman–Crippen LogP) is 3.15. The highest BCUT2D eigenvalue weighted by Gasteiger charge is 2.28. The van der Waals surface area contributed by atoms with E-state index in [-0.39, 0.29) is 6.10 Å². The first kappa shape index (κ1) is 21.6. The Morgan fingerprint density at radius 3 is 2.21 bits per heavy atom. The van der Waals surface area contributed by atoms with Crippen LogP contribution < -0.4 is 0 Å². The minimum Gasteiger partial charge on any atom is -0.375 e. The van der Waals surface area contributed by atoms with Crippen molar-refractivity contribution in [3.8, 4) is 0 Å². The van der Waals surface area contributed by atoms with Crippen molar-refractivity contribution in [2.24, 2.45) is 11.8 Å². The molecule has 2 saturated heterocycles. The fourth-order valence-electron chi connectivity index (χ4n) is 4.52. The van der Waals surface area contributed by atoms with Gasteiger partial charge in [-0.25, -0.2) is 0 Å². The van der Waals surface area contributed by atoms with Gasteiger partial charge in [-0.3, -0.25) is 14.6 Å². The van der Waals surface area contributed by atoms with E-state index in [2.05, 4.69) is 28.5 Å². The maximum absolute atomic E-state index is 12.7. The van der Waals surface area contributed by atoms with Gasteiger partial charge in [0.25, 0.3) is 0 Å². The molecular weight excluding hydrogens is 374 g/mol. The summed E-state index contributed by atoms with van der Waals surface area (Å²) >= 11 is 5.99. The quantitative estimate of drug-likeness (QED) is 0.725. The average Bonchev–Trinajstić information content (AvgIpc) is 2.67. The van der Waals surface area contributed by atoms with E-state index in [1.165, 1.54) is 6.42 Å². The maximum atomic E-state index is 12.7. The van der Waals surface area contributed by atoms with Gasteiger partial charge in [-0.1, -0.05) is 37.6 Å². The van der Waals surface area contributed by atoms with Crippen LogP contribution in [0.2, 0.25) is 5.02 Å². The summed E-state index contributed by atoms with van der Waals surface area (Å²) in [5, 5.41) is 0.745. The standard InChI is InChI=1S/C22H34ClN3O2/c1-17-12-18(2)14-26(13-17)22(27)16-25-10-8-24(9-11-25)15-21(28-3)19-4-6-20(23)7-5-19/h4-7,17-18,21H,8-16H2,1-3H3/t17-,18+,21-/m1/s1. The van der Waals surface area contributed by atoms with E-state index < -0.39 is 0 Å². The average molecular weight is 408 g/mol. The molecule has 1 aromatic carbocycles. The van der Waals surface area contributed by atoms with Crippen molar-refractivity contribution in [2.45, 2.75) is 26.4 Å². The summed E-state index contributed by atoms with van der Waals surface area (Å²) in [6.07, 6.45) is 1.28. The summed E-state index contributed by atoms with van der Waals surface area (Å²) in [7, 11) is 1.76. The minimum absolute atomic E-state index is 0.0433. The van der Waals surface area contributed by atoms with Gasteiger partial charge < -0.3 is 9.64 Å². The zero-order valence-electron chi connectivity index (χ0n) is 17.4. The SMILES string of the molecule is CO[C@H](CN1CCN(CC(=O)N2C[C@H](C)C[C@H](C)C2)CC1)c1ccc(Cl)cc1. The van der Waals surface area contributed by atoms with Crippen LogP contribution in [0.15, 0.2) is 24.3 Å². The Labute approximate surface area is 174 Å². The van der Waals surface area contributed by atoms with Crippen molar-refractivity contribution >= 4 is 17.5 Å². The largest absolute Gasteiger partial charge is 0.375 e. The molecule has 0 spiro atoms. The molecule has 1 aromatic rings. The normalized spacial score (nSPS) is 25.6. The van der Waals surface area contributed by atoms with Crippen molar-refractivity contribution in [1.29, 1.82) is 0 Å². The summed E-state index contributed by atoms with van der Waals surface area (Å²) in [6.45, 7) is 11.5. The molecular formula is C22H34ClN3O2. The lowest BCUT2D eigenvalue weighted by Crippen LogP contribution is -2.52. The first-order valence-electron chi connectivity index (χ1n) is 10.5. The zero-order chi connectivity index (χ0) is 20.1. The van der Waals surface area contributed by atoms with Crippen LogP contribution in [0, 0.1) is 11.8 Å². The Balaban J connectivity index is 1.45. The van der Waals surface area contributed by atoms with Crippen molar-refractivity contribution < 1.29 is 9.53 Å². The maximum Gasteiger partial charge on any atom is 0.236 e. The highest BCUT2D eigenvalue weighted by Crippen LogP contribution is 2.22. The zero-order valence-corrected chi connectivity index (χ0v) is 18.2. The van der Waals surface area contributed by atoms with E-state index in [0.29, 0.717) is 24.3 Å². The number of piperidine rings is 1. The smallest absolute Gasteiger partial charge is 0.236 e. The van der Waals surface area contributed by atoms with Crippen molar-refractivity contribution in [3.63, 3.8) is 0 Å². The van der Waals surface area contributed by atoms with E-state index in [1.54, 1.807) is 7.11 Å². The van der Waals surface area contributed by atoms with Crippen molar-refractivity contribution in [3.05, 3.63) is 34.9 Å². The Bertz CT molecular complexity index is 621. The molecule has 0 saturated carbocycles. The monoisotopic (exact) mass is 407 g/mol. The molecule has 5 nitrogen and oxygen atoms in total. The lowest BCUT2D eigenvalue weighted by Gasteiger charge is -2.39. The number of methoxy groups -OCH3 is 1. The van der Waals surface area contributed by atoms with Gasteiger partial charge in [0.2, 0.25) is 5.91 Å². The van der Waals surface area contributed by atoms with E-state index in [1.807, 2.05) is 24.3 Å². The van der Waals surface area contributed by atoms with Gasteiger partial charge in [0.15, 0.2) is 0 Å². The second-order valence-electron chi connectivity index (χ2n) is 8.60. The minimum atomic E-state index is 0.0433. The Morgan fingerprint density at radius 1 is 1.07 bits per heavy atom. The van der Waals surface area contributed by atoms with Gasteiger partial charge in [0, 0.05) is 57.9 Å². The Morgan fingerprint density at radius 2 is 1.64 bits per heavy atom. The molecule has 1 amide bonds. The molecule has 0 unspecified atom stereocenters. The van der Waals surface area contributed by atoms with E-state index in [0.717, 1.165) is 56.4 Å². The van der Waals surface area contributed by atoms with Crippen LogP contribution in [0.5, 0.6) is 0 Å². The molecule has 3 rings (SSSR count). The van der Waals surface area contributed by atoms with Gasteiger partial charge in [-0.2, -0.15) is 0 Å². The summed E-state index contributed by atoms with van der Waals surface area (Å²) in [6, 6.07) is 7.89. The number of halogens is 1. The number of ether oxygens (including phenoxy) is 1. The summed E-state index contributed by atoms with van der Waals surface area (Å²) in [4.78, 5) is 19.5. The van der Waals surface area contributed by atoms with E-state index >= 15 is 0 Å². The van der Waals surface area contributed by atoms with Crippen LogP contribution in [0.25, 0.3) is 0 Å². The molecule has 0 N–H and O–H groups in total. The number of nitrogens with zero attached hydrogens (tertiary/aromatic N) is 3. The van der Waals surface area contributed by atoms with E-state index in [9.17, 15) is 4.79 Å². The van der Waals surface area contributed by atoms with Crippen LogP contribution in [-0.4, -0.2) is 80.1 Å². The number of carbonyl (C=O) groups excluding carboxylic acids is 1. The number of carbonyl (C=O) groups is 1. The highest BCUT2D eigenvalue weighted by molar-refractivity contribution is 6.30. The fourth-order valence-corrected chi connectivity index (χ4v) is 4.64. The van der Waals surface area contributed by atoms with Gasteiger partial charge in [-0.15, -0.1) is 0 Å². The molecule has 28 heavy (non-hydrogen) atoms. The second kappa shape index (κ2) is 10.1. The molecule has 2 aliphatic rings. The molecule has 6 heteroatoms. The molecule has 156 valence electrons. The molecule has 0 bridgehead atoms. The molecule has 0 aromatic heterocycles. The molecule has 2 aliphatic heterocycles. The third kappa shape index (κ3) is 5.93. The second-order valence-corrected chi connectivity index (χ2v) is 9.03. The number of hydrogen-bond acceptors (Lipinski definition) is 4. The molecule has 2 heterocycles. The van der Waals surface area contributed by atoms with Crippen LogP contribution in [0.4, 0.5) is 0 Å². The van der Waals surface area contributed by atoms with E-state index in [4.69, 9.17) is 16.3 Å². The third-order valence-electron chi connectivity index (χ3n) is 6.00.